The number of carbonyl (C=O) groups is 1. The molecule has 2 aromatic heterocycles. The molecule has 1 unspecified atom stereocenters. The summed E-state index contributed by atoms with van der Waals surface area (Å²) < 4.78 is 26.4. The highest BCUT2D eigenvalue weighted by atomic mass is 32.1. The molecule has 1 aliphatic rings. The van der Waals surface area contributed by atoms with Crippen LogP contribution in [0.25, 0.3) is 0 Å². The molecular formula is C19H16F2N2OS2. The number of nitrogens with zero attached hydrogens (tertiary/aromatic N) is 1. The van der Waals surface area contributed by atoms with Gasteiger partial charge in [-0.15, -0.1) is 22.7 Å². The fourth-order valence-corrected chi connectivity index (χ4v) is 5.06. The molecule has 0 fully saturated rings. The molecule has 1 aromatic carbocycles. The molecule has 0 bridgehead atoms. The van der Waals surface area contributed by atoms with Gasteiger partial charge >= 0.3 is 0 Å². The molecule has 134 valence electrons. The molecule has 3 nitrogen and oxygen atoms in total. The van der Waals surface area contributed by atoms with Crippen molar-refractivity contribution < 1.29 is 13.6 Å². The van der Waals surface area contributed by atoms with Gasteiger partial charge in [0.05, 0.1) is 12.6 Å². The number of nitrogens with one attached hydrogen (secondary N) is 1. The highest BCUT2D eigenvalue weighted by molar-refractivity contribution is 7.10. The number of carbonyl (C=O) groups excluding carboxylic acids is 1. The molecule has 0 saturated carbocycles. The predicted molar refractivity (Wildman–Crippen MR) is 101 cm³/mol. The summed E-state index contributed by atoms with van der Waals surface area (Å²) in [5, 5.41) is 6.79. The Morgan fingerprint density at radius 2 is 2.04 bits per heavy atom. The molecule has 0 spiro atoms. The first kappa shape index (κ1) is 17.3. The van der Waals surface area contributed by atoms with Crippen molar-refractivity contribution in [3.63, 3.8) is 0 Å². The van der Waals surface area contributed by atoms with E-state index in [9.17, 15) is 13.6 Å². The third-order valence-electron chi connectivity index (χ3n) is 4.43. The number of benzene rings is 1. The Kier molecular flexibility index (Phi) is 4.84. The van der Waals surface area contributed by atoms with E-state index >= 15 is 0 Å². The van der Waals surface area contributed by atoms with Crippen molar-refractivity contribution in [2.45, 2.75) is 12.5 Å². The number of hydrogen-bond donors (Lipinski definition) is 1. The van der Waals surface area contributed by atoms with Crippen LogP contribution >= 0.6 is 22.7 Å². The lowest BCUT2D eigenvalue weighted by atomic mass is 9.98. The van der Waals surface area contributed by atoms with E-state index in [1.54, 1.807) is 22.7 Å². The van der Waals surface area contributed by atoms with Gasteiger partial charge in [-0.05, 0) is 47.0 Å². The quantitative estimate of drug-likeness (QED) is 0.702. The molecule has 1 amide bonds. The van der Waals surface area contributed by atoms with E-state index in [0.29, 0.717) is 0 Å². The Bertz CT molecular complexity index is 924. The summed E-state index contributed by atoms with van der Waals surface area (Å²) >= 11 is 3.43. The van der Waals surface area contributed by atoms with Gasteiger partial charge in [-0.1, -0.05) is 6.07 Å². The fraction of sp³-hybridized carbons (Fsp3) is 0.211. The van der Waals surface area contributed by atoms with Crippen molar-refractivity contribution in [1.29, 1.82) is 0 Å². The van der Waals surface area contributed by atoms with E-state index < -0.39 is 11.6 Å². The Balaban J connectivity index is 1.53. The molecule has 7 heteroatoms. The number of fused-ring (bicyclic) bond motifs is 1. The second kappa shape index (κ2) is 7.26. The molecule has 26 heavy (non-hydrogen) atoms. The zero-order valence-electron chi connectivity index (χ0n) is 13.7. The van der Waals surface area contributed by atoms with E-state index in [1.807, 2.05) is 11.4 Å². The fourth-order valence-electron chi connectivity index (χ4n) is 3.28. The molecular weight excluding hydrogens is 374 g/mol. The zero-order valence-corrected chi connectivity index (χ0v) is 15.4. The number of amides is 1. The minimum Gasteiger partial charge on any atom is -0.325 e. The Hall–Kier alpha value is -2.09. The number of rotatable bonds is 4. The number of halogens is 2. The third-order valence-corrected chi connectivity index (χ3v) is 6.35. The summed E-state index contributed by atoms with van der Waals surface area (Å²) in [6, 6.07) is 9.66. The van der Waals surface area contributed by atoms with Gasteiger partial charge in [0.1, 0.15) is 0 Å². The molecule has 1 aliphatic heterocycles. The maximum atomic E-state index is 13.3. The van der Waals surface area contributed by atoms with E-state index in [2.05, 4.69) is 27.7 Å². The SMILES string of the molecule is O=C(CN1CCc2sccc2C1c1cccs1)Nc1ccc(F)c(F)c1. The molecule has 0 radical (unpaired) electrons. The van der Waals surface area contributed by atoms with Crippen LogP contribution in [0.5, 0.6) is 0 Å². The van der Waals surface area contributed by atoms with E-state index in [4.69, 9.17) is 0 Å². The van der Waals surface area contributed by atoms with E-state index in [0.717, 1.165) is 25.1 Å². The summed E-state index contributed by atoms with van der Waals surface area (Å²) in [6.45, 7) is 0.970. The molecule has 1 N–H and O–H groups in total. The van der Waals surface area contributed by atoms with Gasteiger partial charge in [-0.25, -0.2) is 8.78 Å². The van der Waals surface area contributed by atoms with E-state index in [-0.39, 0.29) is 24.2 Å². The lowest BCUT2D eigenvalue weighted by Gasteiger charge is -2.34. The van der Waals surface area contributed by atoms with Crippen molar-refractivity contribution in [2.75, 3.05) is 18.4 Å². The maximum Gasteiger partial charge on any atom is 0.238 e. The van der Waals surface area contributed by atoms with Gasteiger partial charge in [-0.2, -0.15) is 0 Å². The van der Waals surface area contributed by atoms with Crippen molar-refractivity contribution in [3.05, 3.63) is 74.1 Å². The van der Waals surface area contributed by atoms with Crippen molar-refractivity contribution in [1.82, 2.24) is 4.90 Å². The van der Waals surface area contributed by atoms with Gasteiger partial charge in [0.25, 0.3) is 0 Å². The van der Waals surface area contributed by atoms with Crippen molar-refractivity contribution in [2.24, 2.45) is 0 Å². The van der Waals surface area contributed by atoms with Crippen LogP contribution in [0.1, 0.15) is 21.4 Å². The molecule has 0 aliphatic carbocycles. The first-order chi connectivity index (χ1) is 12.6. The summed E-state index contributed by atoms with van der Waals surface area (Å²) in [4.78, 5) is 17.2. The minimum atomic E-state index is -0.972. The smallest absolute Gasteiger partial charge is 0.238 e. The largest absolute Gasteiger partial charge is 0.325 e. The van der Waals surface area contributed by atoms with Crippen LogP contribution in [-0.2, 0) is 11.2 Å². The number of thiophene rings is 2. The van der Waals surface area contributed by atoms with Gasteiger partial charge < -0.3 is 5.32 Å². The maximum absolute atomic E-state index is 13.3. The third kappa shape index (κ3) is 3.42. The first-order valence-corrected chi connectivity index (χ1v) is 9.96. The first-order valence-electron chi connectivity index (χ1n) is 8.20. The summed E-state index contributed by atoms with van der Waals surface area (Å²) in [5.41, 5.74) is 1.51. The van der Waals surface area contributed by atoms with Crippen LogP contribution in [0.15, 0.2) is 47.2 Å². The summed E-state index contributed by atoms with van der Waals surface area (Å²) in [6.07, 6.45) is 0.910. The number of hydrogen-bond acceptors (Lipinski definition) is 4. The summed E-state index contributed by atoms with van der Waals surface area (Å²) in [5.74, 6) is -2.14. The highest BCUT2D eigenvalue weighted by Gasteiger charge is 2.31. The lowest BCUT2D eigenvalue weighted by Crippen LogP contribution is -2.40. The van der Waals surface area contributed by atoms with Crippen LogP contribution in [0.4, 0.5) is 14.5 Å². The van der Waals surface area contributed by atoms with Crippen molar-refractivity contribution >= 4 is 34.3 Å². The van der Waals surface area contributed by atoms with Crippen LogP contribution in [-0.4, -0.2) is 23.9 Å². The topological polar surface area (TPSA) is 32.3 Å². The van der Waals surface area contributed by atoms with E-state index in [1.165, 1.54) is 21.4 Å². The second-order valence-electron chi connectivity index (χ2n) is 6.11. The monoisotopic (exact) mass is 390 g/mol. The van der Waals surface area contributed by atoms with Crippen LogP contribution in [0.3, 0.4) is 0 Å². The minimum absolute atomic E-state index is 0.0562. The van der Waals surface area contributed by atoms with Gasteiger partial charge in [-0.3, -0.25) is 9.69 Å². The molecule has 3 heterocycles. The van der Waals surface area contributed by atoms with Gasteiger partial charge in [0.15, 0.2) is 11.6 Å². The number of anilines is 1. The van der Waals surface area contributed by atoms with Crippen LogP contribution in [0, 0.1) is 11.6 Å². The zero-order chi connectivity index (χ0) is 18.1. The average molecular weight is 390 g/mol. The van der Waals surface area contributed by atoms with Gasteiger partial charge in [0, 0.05) is 28.1 Å². The van der Waals surface area contributed by atoms with Crippen LogP contribution in [0.2, 0.25) is 0 Å². The Morgan fingerprint density at radius 3 is 2.81 bits per heavy atom. The highest BCUT2D eigenvalue weighted by Crippen LogP contribution is 2.39. The standard InChI is InChI=1S/C19H16F2N2OS2/c20-14-4-3-12(10-15(14)21)22-18(24)11-23-7-5-16-13(6-9-26-16)19(23)17-2-1-8-25-17/h1-4,6,8-10,19H,5,7,11H2,(H,22,24). The molecule has 1 atom stereocenters. The Labute approximate surface area is 157 Å². The van der Waals surface area contributed by atoms with Crippen LogP contribution < -0.4 is 5.32 Å². The normalized spacial score (nSPS) is 17.1. The predicted octanol–water partition coefficient (Wildman–Crippen LogP) is 4.67. The molecule has 4 rings (SSSR count). The van der Waals surface area contributed by atoms with Gasteiger partial charge in [0.2, 0.25) is 5.91 Å². The molecule has 3 aromatic rings. The second-order valence-corrected chi connectivity index (χ2v) is 8.09. The Morgan fingerprint density at radius 1 is 1.15 bits per heavy atom. The van der Waals surface area contributed by atoms with Crippen molar-refractivity contribution in [3.8, 4) is 0 Å². The molecule has 0 saturated heterocycles. The lowest BCUT2D eigenvalue weighted by molar-refractivity contribution is -0.117. The average Bonchev–Trinajstić information content (AvgIpc) is 3.29. The summed E-state index contributed by atoms with van der Waals surface area (Å²) in [7, 11) is 0.